The number of aliphatic carboxylic acids is 1. The summed E-state index contributed by atoms with van der Waals surface area (Å²) in [6, 6.07) is 8.16. The van der Waals surface area contributed by atoms with Crippen LogP contribution in [-0.4, -0.2) is 24.2 Å². The Morgan fingerprint density at radius 1 is 1.44 bits per heavy atom. The van der Waals surface area contributed by atoms with Crippen LogP contribution in [0.3, 0.4) is 0 Å². The molecular formula is C13H17NO2. The predicted octanol–water partition coefficient (Wildman–Crippen LogP) is 1.64. The minimum atomic E-state index is -0.694. The van der Waals surface area contributed by atoms with E-state index in [1.165, 1.54) is 11.1 Å². The van der Waals surface area contributed by atoms with Crippen LogP contribution in [0.25, 0.3) is 0 Å². The van der Waals surface area contributed by atoms with Crippen LogP contribution < -0.4 is 5.32 Å². The molecule has 0 radical (unpaired) electrons. The van der Waals surface area contributed by atoms with Crippen LogP contribution in [-0.2, 0) is 11.2 Å². The topological polar surface area (TPSA) is 49.3 Å². The molecule has 0 amide bonds. The number of benzene rings is 1. The standard InChI is InChI=1S/C13H17NO2/c1-2-9-5-3-4-6-10(9)11-7-14-8-12(11)13(15)16/h3-6,11-12,14H,2,7-8H2,1H3,(H,15,16)/t11-,12+/m0/s1. The Morgan fingerprint density at radius 3 is 2.88 bits per heavy atom. The Morgan fingerprint density at radius 2 is 2.19 bits per heavy atom. The van der Waals surface area contributed by atoms with Crippen LogP contribution in [0.4, 0.5) is 0 Å². The summed E-state index contributed by atoms with van der Waals surface area (Å²) in [5.74, 6) is -0.859. The maximum absolute atomic E-state index is 11.1. The summed E-state index contributed by atoms with van der Waals surface area (Å²) in [6.45, 7) is 3.46. The fourth-order valence-corrected chi connectivity index (χ4v) is 2.48. The van der Waals surface area contributed by atoms with Gasteiger partial charge in [0.05, 0.1) is 5.92 Å². The third kappa shape index (κ3) is 1.95. The Labute approximate surface area is 95.5 Å². The molecule has 0 bridgehead atoms. The minimum Gasteiger partial charge on any atom is -0.481 e. The van der Waals surface area contributed by atoms with Crippen molar-refractivity contribution >= 4 is 5.97 Å². The zero-order valence-corrected chi connectivity index (χ0v) is 9.44. The van der Waals surface area contributed by atoms with E-state index in [1.54, 1.807) is 0 Å². The van der Waals surface area contributed by atoms with Crippen LogP contribution in [0.1, 0.15) is 24.0 Å². The average molecular weight is 219 g/mol. The molecule has 0 aromatic heterocycles. The Hall–Kier alpha value is -1.35. The first kappa shape index (κ1) is 11.1. The van der Waals surface area contributed by atoms with Gasteiger partial charge in [-0.3, -0.25) is 4.79 Å². The van der Waals surface area contributed by atoms with Gasteiger partial charge in [-0.1, -0.05) is 31.2 Å². The molecule has 2 atom stereocenters. The average Bonchev–Trinajstić information content (AvgIpc) is 2.77. The first-order chi connectivity index (χ1) is 7.74. The summed E-state index contributed by atoms with van der Waals surface area (Å²) in [6.07, 6.45) is 0.957. The fraction of sp³-hybridized carbons (Fsp3) is 0.462. The smallest absolute Gasteiger partial charge is 0.308 e. The molecule has 3 nitrogen and oxygen atoms in total. The van der Waals surface area contributed by atoms with E-state index in [0.29, 0.717) is 6.54 Å². The molecule has 0 spiro atoms. The predicted molar refractivity (Wildman–Crippen MR) is 62.6 cm³/mol. The molecule has 1 aromatic rings. The monoisotopic (exact) mass is 219 g/mol. The molecule has 86 valence electrons. The normalized spacial score (nSPS) is 24.6. The number of nitrogens with one attached hydrogen (secondary N) is 1. The number of aryl methyl sites for hydroxylation is 1. The SMILES string of the molecule is CCc1ccccc1[C@@H]1CNC[C@H]1C(=O)O. The molecule has 1 heterocycles. The van der Waals surface area contributed by atoms with Crippen LogP contribution in [0.5, 0.6) is 0 Å². The van der Waals surface area contributed by atoms with E-state index >= 15 is 0 Å². The number of rotatable bonds is 3. The minimum absolute atomic E-state index is 0.119. The van der Waals surface area contributed by atoms with Crippen molar-refractivity contribution < 1.29 is 9.90 Å². The van der Waals surface area contributed by atoms with Crippen molar-refractivity contribution in [2.45, 2.75) is 19.3 Å². The second-order valence-corrected chi connectivity index (χ2v) is 4.26. The molecular weight excluding hydrogens is 202 g/mol. The molecule has 2 rings (SSSR count). The van der Waals surface area contributed by atoms with Gasteiger partial charge < -0.3 is 10.4 Å². The van der Waals surface area contributed by atoms with Crippen LogP contribution in [0.2, 0.25) is 0 Å². The van der Waals surface area contributed by atoms with Gasteiger partial charge in [-0.15, -0.1) is 0 Å². The van der Waals surface area contributed by atoms with Gasteiger partial charge in [0.1, 0.15) is 0 Å². The van der Waals surface area contributed by atoms with E-state index in [9.17, 15) is 4.79 Å². The molecule has 0 unspecified atom stereocenters. The van der Waals surface area contributed by atoms with Gasteiger partial charge in [-0.25, -0.2) is 0 Å². The van der Waals surface area contributed by atoms with Crippen molar-refractivity contribution in [3.63, 3.8) is 0 Å². The maximum Gasteiger partial charge on any atom is 0.308 e. The molecule has 2 N–H and O–H groups in total. The van der Waals surface area contributed by atoms with Crippen molar-refractivity contribution in [2.24, 2.45) is 5.92 Å². The Kier molecular flexibility index (Phi) is 3.25. The molecule has 0 saturated carbocycles. The number of carboxylic acid groups (broad SMARTS) is 1. The zero-order chi connectivity index (χ0) is 11.5. The van der Waals surface area contributed by atoms with Crippen molar-refractivity contribution in [1.82, 2.24) is 5.32 Å². The highest BCUT2D eigenvalue weighted by Crippen LogP contribution is 2.30. The number of carboxylic acids is 1. The Balaban J connectivity index is 2.32. The van der Waals surface area contributed by atoms with Crippen LogP contribution >= 0.6 is 0 Å². The second kappa shape index (κ2) is 4.66. The van der Waals surface area contributed by atoms with Gasteiger partial charge in [-0.2, -0.15) is 0 Å². The first-order valence-electron chi connectivity index (χ1n) is 5.75. The first-order valence-corrected chi connectivity index (χ1v) is 5.75. The third-order valence-corrected chi connectivity index (χ3v) is 3.37. The summed E-state index contributed by atoms with van der Waals surface area (Å²) < 4.78 is 0. The van der Waals surface area contributed by atoms with Crippen LogP contribution in [0, 0.1) is 5.92 Å². The van der Waals surface area contributed by atoms with E-state index in [-0.39, 0.29) is 11.8 Å². The lowest BCUT2D eigenvalue weighted by Gasteiger charge is -2.18. The zero-order valence-electron chi connectivity index (χ0n) is 9.44. The maximum atomic E-state index is 11.1. The van der Waals surface area contributed by atoms with Crippen molar-refractivity contribution in [1.29, 1.82) is 0 Å². The second-order valence-electron chi connectivity index (χ2n) is 4.26. The quantitative estimate of drug-likeness (QED) is 0.812. The van der Waals surface area contributed by atoms with E-state index in [4.69, 9.17) is 5.11 Å². The van der Waals surface area contributed by atoms with Gasteiger partial charge in [0.15, 0.2) is 0 Å². The molecule has 1 aliphatic heterocycles. The molecule has 3 heteroatoms. The highest BCUT2D eigenvalue weighted by molar-refractivity contribution is 5.72. The van der Waals surface area contributed by atoms with Crippen molar-refractivity contribution in [3.05, 3.63) is 35.4 Å². The number of hydrogen-bond donors (Lipinski definition) is 2. The van der Waals surface area contributed by atoms with E-state index in [1.807, 2.05) is 12.1 Å². The van der Waals surface area contributed by atoms with Gasteiger partial charge in [0.25, 0.3) is 0 Å². The summed E-state index contributed by atoms with van der Waals surface area (Å²) in [5, 5.41) is 12.3. The Bertz CT molecular complexity index is 389. The fourth-order valence-electron chi connectivity index (χ4n) is 2.48. The van der Waals surface area contributed by atoms with Gasteiger partial charge in [0, 0.05) is 19.0 Å². The van der Waals surface area contributed by atoms with Gasteiger partial charge in [-0.05, 0) is 17.5 Å². The lowest BCUT2D eigenvalue weighted by atomic mass is 9.85. The highest BCUT2D eigenvalue weighted by atomic mass is 16.4. The molecule has 0 aliphatic carbocycles. The van der Waals surface area contributed by atoms with Crippen LogP contribution in [0.15, 0.2) is 24.3 Å². The van der Waals surface area contributed by atoms with Crippen molar-refractivity contribution in [2.75, 3.05) is 13.1 Å². The molecule has 1 aromatic carbocycles. The van der Waals surface area contributed by atoms with E-state index in [0.717, 1.165) is 13.0 Å². The lowest BCUT2D eigenvalue weighted by molar-refractivity contribution is -0.141. The van der Waals surface area contributed by atoms with Crippen molar-refractivity contribution in [3.8, 4) is 0 Å². The van der Waals surface area contributed by atoms with E-state index in [2.05, 4.69) is 24.4 Å². The highest BCUT2D eigenvalue weighted by Gasteiger charge is 2.34. The number of carbonyl (C=O) groups is 1. The third-order valence-electron chi connectivity index (χ3n) is 3.37. The lowest BCUT2D eigenvalue weighted by Crippen LogP contribution is -2.21. The van der Waals surface area contributed by atoms with Gasteiger partial charge in [0.2, 0.25) is 0 Å². The largest absolute Gasteiger partial charge is 0.481 e. The van der Waals surface area contributed by atoms with Gasteiger partial charge >= 0.3 is 5.97 Å². The summed E-state index contributed by atoms with van der Waals surface area (Å²) in [5.41, 5.74) is 2.46. The van der Waals surface area contributed by atoms with E-state index < -0.39 is 5.97 Å². The number of hydrogen-bond acceptors (Lipinski definition) is 2. The molecule has 1 aliphatic rings. The summed E-state index contributed by atoms with van der Waals surface area (Å²) in [7, 11) is 0. The molecule has 1 fully saturated rings. The summed E-state index contributed by atoms with van der Waals surface area (Å²) >= 11 is 0. The molecule has 16 heavy (non-hydrogen) atoms. The summed E-state index contributed by atoms with van der Waals surface area (Å²) in [4.78, 5) is 11.1. The molecule has 1 saturated heterocycles.